The van der Waals surface area contributed by atoms with Crippen LogP contribution in [0.2, 0.25) is 10.0 Å². The summed E-state index contributed by atoms with van der Waals surface area (Å²) in [6.45, 7) is 0.137. The molecule has 21 heavy (non-hydrogen) atoms. The van der Waals surface area contributed by atoms with Crippen LogP contribution in [0.25, 0.3) is 0 Å². The number of hydrogen-bond acceptors (Lipinski definition) is 3. The number of rotatable bonds is 6. The van der Waals surface area contributed by atoms with Crippen LogP contribution >= 0.6 is 23.2 Å². The normalized spacial score (nSPS) is 20.5. The molecule has 0 aliphatic heterocycles. The van der Waals surface area contributed by atoms with Crippen LogP contribution in [0.1, 0.15) is 31.2 Å². The van der Waals surface area contributed by atoms with Crippen LogP contribution in [0.3, 0.4) is 0 Å². The van der Waals surface area contributed by atoms with Crippen molar-refractivity contribution in [2.45, 2.75) is 37.2 Å². The van der Waals surface area contributed by atoms with Crippen LogP contribution in [0.15, 0.2) is 17.0 Å². The molecule has 2 aliphatic carbocycles. The predicted octanol–water partition coefficient (Wildman–Crippen LogP) is 2.95. The summed E-state index contributed by atoms with van der Waals surface area (Å²) in [6, 6.07) is 2.70. The Hall–Kier alpha value is -0.330. The summed E-state index contributed by atoms with van der Waals surface area (Å²) in [5.74, 6) is 0.675. The highest BCUT2D eigenvalue weighted by molar-refractivity contribution is 7.89. The number of aliphatic hydroxyl groups excluding tert-OH is 1. The lowest BCUT2D eigenvalue weighted by atomic mass is 10.0. The van der Waals surface area contributed by atoms with Crippen LogP contribution in [0, 0.1) is 11.3 Å². The minimum atomic E-state index is -3.69. The van der Waals surface area contributed by atoms with Crippen molar-refractivity contribution in [3.05, 3.63) is 27.7 Å². The Morgan fingerprint density at radius 3 is 2.43 bits per heavy atom. The van der Waals surface area contributed by atoms with Gasteiger partial charge in [-0.05, 0) is 54.7 Å². The third-order valence-corrected chi connectivity index (χ3v) is 6.73. The molecule has 0 atom stereocenters. The van der Waals surface area contributed by atoms with Gasteiger partial charge in [-0.1, -0.05) is 23.2 Å². The summed E-state index contributed by atoms with van der Waals surface area (Å²) in [7, 11) is -3.69. The number of aliphatic hydroxyl groups is 1. The molecule has 0 amide bonds. The maximum atomic E-state index is 12.4. The molecule has 7 heteroatoms. The third kappa shape index (κ3) is 3.08. The van der Waals surface area contributed by atoms with E-state index < -0.39 is 10.0 Å². The first-order valence-corrected chi connectivity index (χ1v) is 9.20. The average molecular weight is 350 g/mol. The largest absolute Gasteiger partial charge is 0.392 e. The molecule has 0 radical (unpaired) electrons. The molecule has 116 valence electrons. The lowest BCUT2D eigenvalue weighted by molar-refractivity contribution is 0.281. The van der Waals surface area contributed by atoms with Gasteiger partial charge in [-0.15, -0.1) is 0 Å². The molecule has 0 spiro atoms. The molecule has 4 nitrogen and oxygen atoms in total. The van der Waals surface area contributed by atoms with Gasteiger partial charge in [-0.3, -0.25) is 0 Å². The van der Waals surface area contributed by atoms with E-state index in [1.807, 2.05) is 0 Å². The summed E-state index contributed by atoms with van der Waals surface area (Å²) < 4.78 is 27.5. The van der Waals surface area contributed by atoms with Crippen molar-refractivity contribution in [2.75, 3.05) is 6.54 Å². The summed E-state index contributed by atoms with van der Waals surface area (Å²) >= 11 is 11.9. The summed E-state index contributed by atoms with van der Waals surface area (Å²) in [6.07, 6.45) is 4.60. The summed E-state index contributed by atoms with van der Waals surface area (Å²) in [5.41, 5.74) is 0.524. The van der Waals surface area contributed by atoms with E-state index in [1.54, 1.807) is 0 Å². The molecular weight excluding hydrogens is 333 g/mol. The van der Waals surface area contributed by atoms with Gasteiger partial charge in [-0.2, -0.15) is 0 Å². The van der Waals surface area contributed by atoms with Gasteiger partial charge in [0.05, 0.1) is 11.6 Å². The fraction of sp³-hybridized carbons (Fsp3) is 0.571. The zero-order valence-corrected chi connectivity index (χ0v) is 13.7. The van der Waals surface area contributed by atoms with Crippen LogP contribution in [-0.4, -0.2) is 20.1 Å². The Labute approximate surface area is 134 Å². The van der Waals surface area contributed by atoms with E-state index in [2.05, 4.69) is 4.72 Å². The molecular formula is C14H17Cl2NO3S. The van der Waals surface area contributed by atoms with Crippen molar-refractivity contribution in [1.82, 2.24) is 4.72 Å². The fourth-order valence-electron chi connectivity index (χ4n) is 2.80. The van der Waals surface area contributed by atoms with E-state index in [-0.39, 0.29) is 27.0 Å². The van der Waals surface area contributed by atoms with E-state index >= 15 is 0 Å². The minimum absolute atomic E-state index is 0.0239. The van der Waals surface area contributed by atoms with Gasteiger partial charge in [0.15, 0.2) is 0 Å². The number of nitrogens with one attached hydrogen (secondary N) is 1. The molecule has 2 N–H and O–H groups in total. The lowest BCUT2D eigenvalue weighted by Gasteiger charge is -2.16. The molecule has 0 bridgehead atoms. The highest BCUT2D eigenvalue weighted by atomic mass is 35.5. The third-order valence-electron chi connectivity index (χ3n) is 4.51. The smallest absolute Gasteiger partial charge is 0.242 e. The topological polar surface area (TPSA) is 66.4 Å². The van der Waals surface area contributed by atoms with Crippen molar-refractivity contribution in [3.63, 3.8) is 0 Å². The SMILES string of the molecule is O=S(=O)(NCC1(C2CC2)CC1)c1cc(CO)c(Cl)cc1Cl. The van der Waals surface area contributed by atoms with Crippen LogP contribution in [-0.2, 0) is 16.6 Å². The second-order valence-corrected chi connectivity index (χ2v) is 8.54. The molecule has 2 fully saturated rings. The molecule has 3 rings (SSSR count). The molecule has 0 aromatic heterocycles. The zero-order valence-electron chi connectivity index (χ0n) is 11.4. The maximum absolute atomic E-state index is 12.4. The van der Waals surface area contributed by atoms with Crippen molar-refractivity contribution in [2.24, 2.45) is 11.3 Å². The molecule has 0 heterocycles. The summed E-state index contributed by atoms with van der Waals surface area (Å²) in [4.78, 5) is -0.0239. The molecule has 0 unspecified atom stereocenters. The number of benzene rings is 1. The Morgan fingerprint density at radius 1 is 1.24 bits per heavy atom. The molecule has 1 aromatic carbocycles. The Balaban J connectivity index is 1.81. The molecule has 2 saturated carbocycles. The zero-order chi connectivity index (χ0) is 15.3. The fourth-order valence-corrected chi connectivity index (χ4v) is 4.79. The average Bonchev–Trinajstić information content (AvgIpc) is 3.27. The van der Waals surface area contributed by atoms with E-state index in [9.17, 15) is 13.5 Å². The quantitative estimate of drug-likeness (QED) is 0.829. The highest BCUT2D eigenvalue weighted by Crippen LogP contribution is 2.60. The van der Waals surface area contributed by atoms with Gasteiger partial charge >= 0.3 is 0 Å². The first-order valence-electron chi connectivity index (χ1n) is 6.96. The van der Waals surface area contributed by atoms with Crippen molar-refractivity contribution in [3.8, 4) is 0 Å². The maximum Gasteiger partial charge on any atom is 0.242 e. The second-order valence-electron chi connectivity index (χ2n) is 5.99. The van der Waals surface area contributed by atoms with Crippen molar-refractivity contribution >= 4 is 33.2 Å². The van der Waals surface area contributed by atoms with E-state index in [0.717, 1.165) is 12.8 Å². The van der Waals surface area contributed by atoms with Gasteiger partial charge in [0.2, 0.25) is 10.0 Å². The predicted molar refractivity (Wildman–Crippen MR) is 82.0 cm³/mol. The number of sulfonamides is 1. The molecule has 2 aliphatic rings. The Kier molecular flexibility index (Phi) is 3.99. The van der Waals surface area contributed by atoms with Gasteiger partial charge in [0.25, 0.3) is 0 Å². The van der Waals surface area contributed by atoms with E-state index in [1.165, 1.54) is 25.0 Å². The first kappa shape index (κ1) is 15.6. The Bertz CT molecular complexity index is 667. The second kappa shape index (κ2) is 5.39. The monoisotopic (exact) mass is 349 g/mol. The highest BCUT2D eigenvalue weighted by Gasteiger charge is 2.53. The molecule has 0 saturated heterocycles. The lowest BCUT2D eigenvalue weighted by Crippen LogP contribution is -2.31. The minimum Gasteiger partial charge on any atom is -0.392 e. The molecule has 1 aromatic rings. The summed E-state index contributed by atoms with van der Waals surface area (Å²) in [5, 5.41) is 9.54. The van der Waals surface area contributed by atoms with Gasteiger partial charge in [-0.25, -0.2) is 13.1 Å². The van der Waals surface area contributed by atoms with Crippen LogP contribution in [0.4, 0.5) is 0 Å². The first-order chi connectivity index (χ1) is 9.88. The van der Waals surface area contributed by atoms with E-state index in [0.29, 0.717) is 18.0 Å². The van der Waals surface area contributed by atoms with Gasteiger partial charge in [0, 0.05) is 11.6 Å². The Morgan fingerprint density at radius 2 is 1.90 bits per heavy atom. The number of hydrogen-bond donors (Lipinski definition) is 2. The van der Waals surface area contributed by atoms with Gasteiger partial charge < -0.3 is 5.11 Å². The van der Waals surface area contributed by atoms with Crippen LogP contribution < -0.4 is 4.72 Å². The van der Waals surface area contributed by atoms with Crippen molar-refractivity contribution < 1.29 is 13.5 Å². The van der Waals surface area contributed by atoms with Gasteiger partial charge in [0.1, 0.15) is 4.90 Å². The van der Waals surface area contributed by atoms with Crippen molar-refractivity contribution in [1.29, 1.82) is 0 Å². The number of halogens is 2. The van der Waals surface area contributed by atoms with Crippen LogP contribution in [0.5, 0.6) is 0 Å². The van der Waals surface area contributed by atoms with E-state index in [4.69, 9.17) is 23.2 Å². The standard InChI is InChI=1S/C14H17Cl2NO3S/c15-11-6-12(16)13(5-9(11)7-18)21(19,20)17-8-14(3-4-14)10-1-2-10/h5-6,10,17-18H,1-4,7-8H2.